The molecule has 0 aliphatic carbocycles. The van der Waals surface area contributed by atoms with Crippen LogP contribution in [0.25, 0.3) is 0 Å². The van der Waals surface area contributed by atoms with Crippen molar-refractivity contribution in [2.75, 3.05) is 7.11 Å². The molecule has 0 spiro atoms. The van der Waals surface area contributed by atoms with Gasteiger partial charge >= 0.3 is 12.1 Å². The summed E-state index contributed by atoms with van der Waals surface area (Å²) in [5, 5.41) is -0.415. The monoisotopic (exact) mass is 407 g/mol. The van der Waals surface area contributed by atoms with Gasteiger partial charge in [-0.15, -0.1) is 0 Å². The number of hydrogen-bond acceptors (Lipinski definition) is 4. The molecule has 0 radical (unpaired) electrons. The van der Waals surface area contributed by atoms with Crippen LogP contribution < -0.4 is 4.72 Å². The van der Waals surface area contributed by atoms with Crippen molar-refractivity contribution in [3.8, 4) is 0 Å². The third-order valence-corrected chi connectivity index (χ3v) is 5.30. The first-order valence-electron chi connectivity index (χ1n) is 7.08. The Balaban J connectivity index is 2.48. The Hall–Kier alpha value is -2.10. The SMILES string of the molecule is COC(=O)C(NS(=O)(=O)c1cc(C(F)(F)F)ccc1Cl)c1ccccc1. The third-order valence-electron chi connectivity index (χ3n) is 3.39. The van der Waals surface area contributed by atoms with Gasteiger partial charge in [0, 0.05) is 0 Å². The van der Waals surface area contributed by atoms with Gasteiger partial charge in [-0.25, -0.2) is 13.2 Å². The normalized spacial score (nSPS) is 13.3. The highest BCUT2D eigenvalue weighted by molar-refractivity contribution is 7.89. The molecule has 0 saturated heterocycles. The quantitative estimate of drug-likeness (QED) is 0.769. The van der Waals surface area contributed by atoms with Crippen molar-refractivity contribution in [3.05, 3.63) is 64.7 Å². The lowest BCUT2D eigenvalue weighted by Gasteiger charge is -2.18. The molecule has 140 valence electrons. The Labute approximate surface area is 152 Å². The van der Waals surface area contributed by atoms with Gasteiger partial charge in [0.15, 0.2) is 0 Å². The van der Waals surface area contributed by atoms with Gasteiger partial charge in [0.2, 0.25) is 10.0 Å². The molecule has 2 aromatic carbocycles. The standard InChI is InChI=1S/C16H13ClF3NO4S/c1-25-15(22)14(10-5-3-2-4-6-10)21-26(23,24)13-9-11(16(18,19)20)7-8-12(13)17/h2-9,14,21H,1H3. The summed E-state index contributed by atoms with van der Waals surface area (Å²) >= 11 is 5.77. The summed E-state index contributed by atoms with van der Waals surface area (Å²) in [6.45, 7) is 0. The Morgan fingerprint density at radius 1 is 1.15 bits per heavy atom. The molecule has 0 aliphatic rings. The Bertz CT molecular complexity index is 901. The van der Waals surface area contributed by atoms with Crippen LogP contribution in [0.3, 0.4) is 0 Å². The Morgan fingerprint density at radius 3 is 2.31 bits per heavy atom. The summed E-state index contributed by atoms with van der Waals surface area (Å²) in [7, 11) is -3.50. The highest BCUT2D eigenvalue weighted by Crippen LogP contribution is 2.33. The molecule has 0 aliphatic heterocycles. The van der Waals surface area contributed by atoms with E-state index in [0.29, 0.717) is 12.1 Å². The van der Waals surface area contributed by atoms with Crippen LogP contribution in [-0.2, 0) is 25.7 Å². The molecule has 0 saturated carbocycles. The molecule has 1 atom stereocenters. The molecule has 0 heterocycles. The van der Waals surface area contributed by atoms with E-state index in [2.05, 4.69) is 4.74 Å². The van der Waals surface area contributed by atoms with Crippen molar-refractivity contribution in [3.63, 3.8) is 0 Å². The molecule has 0 fully saturated rings. The first-order valence-corrected chi connectivity index (χ1v) is 8.94. The zero-order valence-corrected chi connectivity index (χ0v) is 14.8. The maximum absolute atomic E-state index is 12.9. The lowest BCUT2D eigenvalue weighted by Crippen LogP contribution is -2.34. The van der Waals surface area contributed by atoms with E-state index < -0.39 is 43.7 Å². The van der Waals surface area contributed by atoms with Crippen molar-refractivity contribution >= 4 is 27.6 Å². The van der Waals surface area contributed by atoms with Gasteiger partial charge < -0.3 is 4.74 Å². The average molecular weight is 408 g/mol. The number of sulfonamides is 1. The fourth-order valence-corrected chi connectivity index (χ4v) is 3.82. The first-order chi connectivity index (χ1) is 12.1. The summed E-state index contributed by atoms with van der Waals surface area (Å²) in [6, 6.07) is 8.17. The Kier molecular flexibility index (Phi) is 5.94. The van der Waals surface area contributed by atoms with E-state index in [1.807, 2.05) is 4.72 Å². The van der Waals surface area contributed by atoms with Gasteiger partial charge in [0.25, 0.3) is 0 Å². The van der Waals surface area contributed by atoms with Crippen LogP contribution in [0.5, 0.6) is 0 Å². The molecule has 2 aromatic rings. The fraction of sp³-hybridized carbons (Fsp3) is 0.188. The smallest absolute Gasteiger partial charge is 0.416 e. The van der Waals surface area contributed by atoms with Gasteiger partial charge in [-0.05, 0) is 23.8 Å². The van der Waals surface area contributed by atoms with E-state index in [-0.39, 0.29) is 5.56 Å². The van der Waals surface area contributed by atoms with Crippen LogP contribution in [0, 0.1) is 0 Å². The number of ether oxygens (including phenoxy) is 1. The average Bonchev–Trinajstić information content (AvgIpc) is 2.59. The van der Waals surface area contributed by atoms with E-state index in [4.69, 9.17) is 11.6 Å². The first kappa shape index (κ1) is 20.2. The molecular formula is C16H13ClF3NO4S. The summed E-state index contributed by atoms with van der Waals surface area (Å²) in [6.07, 6.45) is -4.75. The van der Waals surface area contributed by atoms with E-state index >= 15 is 0 Å². The predicted octanol–water partition coefficient (Wildman–Crippen LogP) is 3.55. The van der Waals surface area contributed by atoms with Crippen molar-refractivity contribution in [2.45, 2.75) is 17.1 Å². The van der Waals surface area contributed by atoms with E-state index in [1.54, 1.807) is 18.2 Å². The van der Waals surface area contributed by atoms with Gasteiger partial charge in [-0.1, -0.05) is 41.9 Å². The number of carbonyl (C=O) groups excluding carboxylic acids is 1. The highest BCUT2D eigenvalue weighted by Gasteiger charge is 2.34. The molecule has 0 amide bonds. The number of alkyl halides is 3. The van der Waals surface area contributed by atoms with Crippen LogP contribution in [0.1, 0.15) is 17.2 Å². The number of rotatable bonds is 5. The molecule has 2 rings (SSSR count). The van der Waals surface area contributed by atoms with Crippen molar-refractivity contribution in [1.29, 1.82) is 0 Å². The lowest BCUT2D eigenvalue weighted by atomic mass is 10.1. The summed E-state index contributed by atoms with van der Waals surface area (Å²) in [5.41, 5.74) is -0.928. The number of methoxy groups -OCH3 is 1. The van der Waals surface area contributed by atoms with Gasteiger partial charge in [0.1, 0.15) is 10.9 Å². The zero-order valence-electron chi connectivity index (χ0n) is 13.2. The topological polar surface area (TPSA) is 72.5 Å². The molecular weight excluding hydrogens is 395 g/mol. The number of benzene rings is 2. The van der Waals surface area contributed by atoms with E-state index in [0.717, 1.165) is 13.2 Å². The van der Waals surface area contributed by atoms with Crippen molar-refractivity contribution < 1.29 is 31.1 Å². The number of esters is 1. The van der Waals surface area contributed by atoms with Crippen molar-refractivity contribution in [2.24, 2.45) is 0 Å². The van der Waals surface area contributed by atoms with E-state index in [1.165, 1.54) is 12.1 Å². The van der Waals surface area contributed by atoms with Gasteiger partial charge in [-0.3, -0.25) is 0 Å². The number of carbonyl (C=O) groups is 1. The maximum Gasteiger partial charge on any atom is 0.416 e. The minimum Gasteiger partial charge on any atom is -0.468 e. The highest BCUT2D eigenvalue weighted by atomic mass is 35.5. The largest absolute Gasteiger partial charge is 0.468 e. The number of halogens is 4. The summed E-state index contributed by atoms with van der Waals surface area (Å²) in [5.74, 6) is -0.928. The predicted molar refractivity (Wildman–Crippen MR) is 88.0 cm³/mol. The molecule has 0 bridgehead atoms. The number of hydrogen-bond donors (Lipinski definition) is 1. The molecule has 1 unspecified atom stereocenters. The molecule has 1 N–H and O–H groups in total. The zero-order chi connectivity index (χ0) is 19.5. The second kappa shape index (κ2) is 7.65. The molecule has 10 heteroatoms. The Morgan fingerprint density at radius 2 is 1.77 bits per heavy atom. The van der Waals surface area contributed by atoms with E-state index in [9.17, 15) is 26.4 Å². The molecule has 5 nitrogen and oxygen atoms in total. The second-order valence-electron chi connectivity index (χ2n) is 5.13. The molecule has 0 aromatic heterocycles. The molecule has 26 heavy (non-hydrogen) atoms. The number of nitrogens with one attached hydrogen (secondary N) is 1. The van der Waals surface area contributed by atoms with Crippen LogP contribution in [0.15, 0.2) is 53.4 Å². The van der Waals surface area contributed by atoms with Crippen LogP contribution in [0.2, 0.25) is 5.02 Å². The summed E-state index contributed by atoms with van der Waals surface area (Å²) < 4.78 is 70.3. The lowest BCUT2D eigenvalue weighted by molar-refractivity contribution is -0.142. The summed E-state index contributed by atoms with van der Waals surface area (Å²) in [4.78, 5) is 11.2. The van der Waals surface area contributed by atoms with Gasteiger partial charge in [-0.2, -0.15) is 17.9 Å². The minimum atomic E-state index is -4.75. The van der Waals surface area contributed by atoms with Crippen LogP contribution in [-0.4, -0.2) is 21.5 Å². The van der Waals surface area contributed by atoms with Crippen LogP contribution in [0.4, 0.5) is 13.2 Å². The third kappa shape index (κ3) is 4.54. The minimum absolute atomic E-state index is 0.256. The maximum atomic E-state index is 12.9. The van der Waals surface area contributed by atoms with Gasteiger partial charge in [0.05, 0.1) is 17.7 Å². The fourth-order valence-electron chi connectivity index (χ4n) is 2.12. The van der Waals surface area contributed by atoms with Crippen molar-refractivity contribution in [1.82, 2.24) is 4.72 Å². The van der Waals surface area contributed by atoms with Crippen LogP contribution >= 0.6 is 11.6 Å². The second-order valence-corrected chi connectivity index (χ2v) is 7.22.